The Morgan fingerprint density at radius 1 is 1.29 bits per heavy atom. The van der Waals surface area contributed by atoms with Crippen LogP contribution in [0.1, 0.15) is 37.3 Å². The molecule has 1 atom stereocenters. The van der Waals surface area contributed by atoms with E-state index in [2.05, 4.69) is 26.0 Å². The Bertz CT molecular complexity index is 810. The number of thioether (sulfide) groups is 1. The van der Waals surface area contributed by atoms with Crippen LogP contribution < -0.4 is 0 Å². The van der Waals surface area contributed by atoms with E-state index in [9.17, 15) is 13.2 Å². The molecule has 3 rings (SSSR count). The summed E-state index contributed by atoms with van der Waals surface area (Å²) in [5, 5.41) is 0. The molecule has 0 aliphatic carbocycles. The fourth-order valence-electron chi connectivity index (χ4n) is 2.90. The van der Waals surface area contributed by atoms with Crippen molar-refractivity contribution in [2.75, 3.05) is 11.5 Å². The molecule has 0 radical (unpaired) electrons. The number of rotatable bonds is 3. The van der Waals surface area contributed by atoms with Gasteiger partial charge >= 0.3 is 0 Å². The van der Waals surface area contributed by atoms with Crippen LogP contribution in [0.25, 0.3) is 6.08 Å². The van der Waals surface area contributed by atoms with Crippen molar-refractivity contribution in [3.8, 4) is 0 Å². The van der Waals surface area contributed by atoms with Crippen LogP contribution in [-0.4, -0.2) is 41.1 Å². The molecule has 0 spiro atoms. The molecule has 2 saturated heterocycles. The van der Waals surface area contributed by atoms with E-state index in [1.54, 1.807) is 0 Å². The molecule has 4 nitrogen and oxygen atoms in total. The van der Waals surface area contributed by atoms with Crippen LogP contribution in [-0.2, 0) is 14.6 Å². The van der Waals surface area contributed by atoms with Gasteiger partial charge in [0.25, 0.3) is 5.91 Å². The Hall–Kier alpha value is -1.18. The topological polar surface area (TPSA) is 54.5 Å². The maximum atomic E-state index is 12.6. The molecule has 0 aromatic heterocycles. The molecule has 0 N–H and O–H groups in total. The number of carbonyl (C=O) groups is 1. The third-order valence-corrected chi connectivity index (χ3v) is 7.38. The highest BCUT2D eigenvalue weighted by Gasteiger charge is 2.42. The molecule has 0 bridgehead atoms. The summed E-state index contributed by atoms with van der Waals surface area (Å²) in [4.78, 5) is 14.7. The van der Waals surface area contributed by atoms with Crippen molar-refractivity contribution >= 4 is 50.1 Å². The first kappa shape index (κ1) is 17.6. The van der Waals surface area contributed by atoms with Gasteiger partial charge in [-0.2, -0.15) is 0 Å². The summed E-state index contributed by atoms with van der Waals surface area (Å²) < 4.78 is 23.8. The summed E-state index contributed by atoms with van der Waals surface area (Å²) in [6.07, 6.45) is 2.29. The summed E-state index contributed by atoms with van der Waals surface area (Å²) in [7, 11) is -3.05. The molecule has 7 heteroatoms. The molecular weight excluding hydrogens is 362 g/mol. The second-order valence-electron chi connectivity index (χ2n) is 6.43. The predicted octanol–water partition coefficient (Wildman–Crippen LogP) is 3.20. The van der Waals surface area contributed by atoms with Gasteiger partial charge in [0.05, 0.1) is 22.5 Å². The van der Waals surface area contributed by atoms with Crippen molar-refractivity contribution < 1.29 is 13.2 Å². The molecule has 2 fully saturated rings. The first-order valence-corrected chi connectivity index (χ1v) is 10.9. The van der Waals surface area contributed by atoms with Gasteiger partial charge in [0, 0.05) is 0 Å². The largest absolute Gasteiger partial charge is 0.289 e. The quantitative estimate of drug-likeness (QED) is 0.594. The van der Waals surface area contributed by atoms with Gasteiger partial charge in [0.1, 0.15) is 4.32 Å². The zero-order chi connectivity index (χ0) is 17.5. The van der Waals surface area contributed by atoms with Crippen molar-refractivity contribution in [2.24, 2.45) is 0 Å². The number of carbonyl (C=O) groups excluding carboxylic acids is 1. The predicted molar refractivity (Wildman–Crippen MR) is 103 cm³/mol. The Kier molecular flexibility index (Phi) is 4.86. The standard InChI is InChI=1S/C17H19NO3S3/c1-11(2)13-5-3-12(4-6-13)9-15-16(19)18(17(22)23-15)14-7-8-24(20,21)10-14/h3-6,9,11,14H,7-8,10H2,1-2H3/b15-9+/t14-/m1/s1. The van der Waals surface area contributed by atoms with E-state index in [0.29, 0.717) is 21.6 Å². The second-order valence-corrected chi connectivity index (χ2v) is 10.3. The smallest absolute Gasteiger partial charge is 0.266 e. The lowest BCUT2D eigenvalue weighted by Gasteiger charge is -2.20. The van der Waals surface area contributed by atoms with Crippen LogP contribution in [0.15, 0.2) is 29.2 Å². The van der Waals surface area contributed by atoms with Gasteiger partial charge in [-0.1, -0.05) is 62.1 Å². The minimum absolute atomic E-state index is 0.00973. The van der Waals surface area contributed by atoms with Gasteiger partial charge in [-0.25, -0.2) is 8.42 Å². The molecule has 0 unspecified atom stereocenters. The van der Waals surface area contributed by atoms with E-state index in [1.165, 1.54) is 22.2 Å². The zero-order valence-electron chi connectivity index (χ0n) is 13.6. The fourth-order valence-corrected chi connectivity index (χ4v) is 6.00. The van der Waals surface area contributed by atoms with Gasteiger partial charge in [-0.15, -0.1) is 0 Å². The van der Waals surface area contributed by atoms with Crippen molar-refractivity contribution in [3.63, 3.8) is 0 Å². The summed E-state index contributed by atoms with van der Waals surface area (Å²) in [6, 6.07) is 7.77. The van der Waals surface area contributed by atoms with Crippen molar-refractivity contribution in [3.05, 3.63) is 40.3 Å². The number of sulfone groups is 1. The van der Waals surface area contributed by atoms with Crippen molar-refractivity contribution in [1.29, 1.82) is 0 Å². The number of hydrogen-bond donors (Lipinski definition) is 0. The summed E-state index contributed by atoms with van der Waals surface area (Å²) >= 11 is 6.56. The molecule has 2 aliphatic heterocycles. The van der Waals surface area contributed by atoms with Gasteiger partial charge in [0.2, 0.25) is 0 Å². The summed E-state index contributed by atoms with van der Waals surface area (Å²) in [5.41, 5.74) is 2.19. The molecule has 1 aromatic rings. The van der Waals surface area contributed by atoms with Crippen LogP contribution in [0, 0.1) is 0 Å². The van der Waals surface area contributed by atoms with E-state index < -0.39 is 9.84 Å². The van der Waals surface area contributed by atoms with Crippen LogP contribution in [0.4, 0.5) is 0 Å². The average molecular weight is 382 g/mol. The highest BCUT2D eigenvalue weighted by Crippen LogP contribution is 2.36. The zero-order valence-corrected chi connectivity index (χ0v) is 16.0. The minimum Gasteiger partial charge on any atom is -0.289 e. The number of benzene rings is 1. The first-order chi connectivity index (χ1) is 11.3. The molecular formula is C17H19NO3S3. The number of amides is 1. The first-order valence-electron chi connectivity index (χ1n) is 7.84. The van der Waals surface area contributed by atoms with Crippen LogP contribution >= 0.6 is 24.0 Å². The van der Waals surface area contributed by atoms with Crippen LogP contribution in [0.2, 0.25) is 0 Å². The third kappa shape index (κ3) is 3.58. The highest BCUT2D eigenvalue weighted by atomic mass is 32.2. The van der Waals surface area contributed by atoms with E-state index >= 15 is 0 Å². The summed E-state index contributed by atoms with van der Waals surface area (Å²) in [6.45, 7) is 4.27. The average Bonchev–Trinajstić information content (AvgIpc) is 2.99. The molecule has 2 aliphatic rings. The second kappa shape index (κ2) is 6.61. The number of thiocarbonyl (C=S) groups is 1. The van der Waals surface area contributed by atoms with Gasteiger partial charge in [-0.3, -0.25) is 9.69 Å². The van der Waals surface area contributed by atoms with Gasteiger partial charge < -0.3 is 0 Å². The Morgan fingerprint density at radius 2 is 1.96 bits per heavy atom. The number of nitrogens with zero attached hydrogens (tertiary/aromatic N) is 1. The maximum absolute atomic E-state index is 12.6. The van der Waals surface area contributed by atoms with Crippen molar-refractivity contribution in [1.82, 2.24) is 4.90 Å². The lowest BCUT2D eigenvalue weighted by molar-refractivity contribution is -0.123. The lowest BCUT2D eigenvalue weighted by atomic mass is 10.0. The van der Waals surface area contributed by atoms with Crippen molar-refractivity contribution in [2.45, 2.75) is 32.2 Å². The molecule has 128 valence electrons. The van der Waals surface area contributed by atoms with Crippen LogP contribution in [0.5, 0.6) is 0 Å². The number of hydrogen-bond acceptors (Lipinski definition) is 5. The van der Waals surface area contributed by atoms with Gasteiger partial charge in [0.15, 0.2) is 9.84 Å². The van der Waals surface area contributed by atoms with E-state index in [-0.39, 0.29) is 23.5 Å². The molecule has 1 amide bonds. The monoisotopic (exact) mass is 381 g/mol. The third-order valence-electron chi connectivity index (χ3n) is 4.30. The molecule has 1 aromatic carbocycles. The Balaban J connectivity index is 1.81. The Labute approximate surface area is 152 Å². The maximum Gasteiger partial charge on any atom is 0.266 e. The van der Waals surface area contributed by atoms with Gasteiger partial charge in [-0.05, 0) is 29.5 Å². The molecule has 0 saturated carbocycles. The minimum atomic E-state index is -3.05. The molecule has 2 heterocycles. The SMILES string of the molecule is CC(C)c1ccc(/C=C2/SC(=S)N([C@@H]3CCS(=O)(=O)C3)C2=O)cc1. The molecule has 24 heavy (non-hydrogen) atoms. The highest BCUT2D eigenvalue weighted by molar-refractivity contribution is 8.26. The van der Waals surface area contributed by atoms with E-state index in [4.69, 9.17) is 12.2 Å². The van der Waals surface area contributed by atoms with E-state index in [1.807, 2.05) is 18.2 Å². The van der Waals surface area contributed by atoms with E-state index in [0.717, 1.165) is 5.56 Å². The van der Waals surface area contributed by atoms with Crippen LogP contribution in [0.3, 0.4) is 0 Å². The fraction of sp³-hybridized carbons (Fsp3) is 0.412. The summed E-state index contributed by atoms with van der Waals surface area (Å²) in [5.74, 6) is 0.418. The Morgan fingerprint density at radius 3 is 2.50 bits per heavy atom. The lowest BCUT2D eigenvalue weighted by Crippen LogP contribution is -2.39. The normalized spacial score (nSPS) is 25.2.